The van der Waals surface area contributed by atoms with Crippen molar-refractivity contribution in [3.63, 3.8) is 0 Å². The number of hydrogen-bond acceptors (Lipinski definition) is 4. The first-order chi connectivity index (χ1) is 7.15. The molecule has 5 heteroatoms. The Balaban J connectivity index is 2.34. The molecule has 1 fully saturated rings. The first kappa shape index (κ1) is 11.6. The number of likely N-dealkylation sites (tertiary alicyclic amines) is 1. The fourth-order valence-electron chi connectivity index (χ4n) is 1.42. The molecule has 1 aliphatic heterocycles. The molecule has 84 valence electrons. The summed E-state index contributed by atoms with van der Waals surface area (Å²) in [5.41, 5.74) is 0. The zero-order valence-corrected chi connectivity index (χ0v) is 8.77. The van der Waals surface area contributed by atoms with Gasteiger partial charge >= 0.3 is 6.16 Å². The summed E-state index contributed by atoms with van der Waals surface area (Å²) in [5.74, 6) is 0.0130. The molecule has 0 aromatic carbocycles. The average molecular weight is 213 g/mol. The van der Waals surface area contributed by atoms with E-state index in [1.807, 2.05) is 0 Å². The highest BCUT2D eigenvalue weighted by molar-refractivity contribution is 5.78. The first-order valence-corrected chi connectivity index (χ1v) is 4.89. The predicted octanol–water partition coefficient (Wildman–Crippen LogP) is 1.29. The molecular formula is C10H15NO4. The van der Waals surface area contributed by atoms with E-state index in [0.29, 0.717) is 13.0 Å². The second-order valence-electron chi connectivity index (χ2n) is 3.26. The van der Waals surface area contributed by atoms with Crippen molar-refractivity contribution in [1.82, 2.24) is 4.90 Å². The van der Waals surface area contributed by atoms with E-state index < -0.39 is 12.4 Å². The summed E-state index contributed by atoms with van der Waals surface area (Å²) in [6.07, 6.45) is 1.45. The maximum atomic E-state index is 11.3. The fourth-order valence-corrected chi connectivity index (χ4v) is 1.42. The Hall–Kier alpha value is -1.52. The maximum absolute atomic E-state index is 11.3. The summed E-state index contributed by atoms with van der Waals surface area (Å²) in [6.45, 7) is 5.80. The molecule has 1 heterocycles. The highest BCUT2D eigenvalue weighted by atomic mass is 16.7. The molecule has 0 aromatic rings. The quantitative estimate of drug-likeness (QED) is 0.521. The lowest BCUT2D eigenvalue weighted by atomic mass is 10.4. The van der Waals surface area contributed by atoms with Gasteiger partial charge in [0.15, 0.2) is 6.23 Å². The van der Waals surface area contributed by atoms with Crippen molar-refractivity contribution in [2.75, 3.05) is 13.2 Å². The highest BCUT2D eigenvalue weighted by Crippen LogP contribution is 2.14. The number of nitrogens with zero attached hydrogens (tertiary/aromatic N) is 1. The third kappa shape index (κ3) is 3.27. The van der Waals surface area contributed by atoms with Crippen LogP contribution in [0.3, 0.4) is 0 Å². The fraction of sp³-hybridized carbons (Fsp3) is 0.600. The normalized spacial score (nSPS) is 17.4. The van der Waals surface area contributed by atoms with E-state index in [0.717, 1.165) is 6.42 Å². The second-order valence-corrected chi connectivity index (χ2v) is 3.26. The van der Waals surface area contributed by atoms with Gasteiger partial charge in [-0.25, -0.2) is 4.79 Å². The van der Waals surface area contributed by atoms with Gasteiger partial charge in [0.05, 0.1) is 0 Å². The topological polar surface area (TPSA) is 55.8 Å². The van der Waals surface area contributed by atoms with Crippen LogP contribution in [0.4, 0.5) is 4.79 Å². The van der Waals surface area contributed by atoms with E-state index in [2.05, 4.69) is 11.3 Å². The summed E-state index contributed by atoms with van der Waals surface area (Å²) in [4.78, 5) is 23.9. The average Bonchev–Trinajstić information content (AvgIpc) is 2.61. The molecule has 1 atom stereocenters. The molecule has 1 unspecified atom stereocenters. The molecule has 1 saturated heterocycles. The number of carbonyl (C=O) groups excluding carboxylic acids is 2. The third-order valence-electron chi connectivity index (χ3n) is 2.13. The standard InChI is InChI=1S/C10H15NO4/c1-3-7-14-10(13)15-8(2)11-6-4-5-9(11)12/h3,8H,1,4-7H2,2H3. The zero-order chi connectivity index (χ0) is 11.3. The Bertz CT molecular complexity index is 264. The molecule has 0 spiro atoms. The molecule has 0 saturated carbocycles. The second kappa shape index (κ2) is 5.38. The van der Waals surface area contributed by atoms with Crippen LogP contribution in [-0.2, 0) is 14.3 Å². The van der Waals surface area contributed by atoms with Gasteiger partial charge in [-0.3, -0.25) is 4.79 Å². The van der Waals surface area contributed by atoms with Crippen LogP contribution in [0.5, 0.6) is 0 Å². The smallest absolute Gasteiger partial charge is 0.430 e. The molecule has 1 amide bonds. The van der Waals surface area contributed by atoms with Crippen molar-refractivity contribution in [1.29, 1.82) is 0 Å². The third-order valence-corrected chi connectivity index (χ3v) is 2.13. The number of amides is 1. The molecule has 0 aliphatic carbocycles. The van der Waals surface area contributed by atoms with Crippen molar-refractivity contribution in [2.45, 2.75) is 26.0 Å². The van der Waals surface area contributed by atoms with Crippen molar-refractivity contribution < 1.29 is 19.1 Å². The minimum atomic E-state index is -0.776. The molecule has 1 aliphatic rings. The molecule has 1 rings (SSSR count). The van der Waals surface area contributed by atoms with Crippen LogP contribution in [0.2, 0.25) is 0 Å². The summed E-state index contributed by atoms with van der Waals surface area (Å²) in [6, 6.07) is 0. The van der Waals surface area contributed by atoms with Gasteiger partial charge in [0.1, 0.15) is 6.61 Å². The van der Waals surface area contributed by atoms with Crippen LogP contribution >= 0.6 is 0 Å². The molecule has 0 bridgehead atoms. The summed E-state index contributed by atoms with van der Waals surface area (Å²) in [7, 11) is 0. The Kier molecular flexibility index (Phi) is 4.15. The zero-order valence-electron chi connectivity index (χ0n) is 8.77. The molecule has 0 radical (unpaired) electrons. The first-order valence-electron chi connectivity index (χ1n) is 4.89. The van der Waals surface area contributed by atoms with Crippen LogP contribution in [0, 0.1) is 0 Å². The number of carbonyl (C=O) groups is 2. The van der Waals surface area contributed by atoms with E-state index in [4.69, 9.17) is 4.74 Å². The predicted molar refractivity (Wildman–Crippen MR) is 53.0 cm³/mol. The van der Waals surface area contributed by atoms with Crippen molar-refractivity contribution >= 4 is 12.1 Å². The molecule has 0 aromatic heterocycles. The van der Waals surface area contributed by atoms with E-state index in [1.165, 1.54) is 11.0 Å². The lowest BCUT2D eigenvalue weighted by molar-refractivity contribution is -0.136. The van der Waals surface area contributed by atoms with Crippen LogP contribution in [0.15, 0.2) is 12.7 Å². The monoisotopic (exact) mass is 213 g/mol. The number of rotatable bonds is 4. The molecule has 15 heavy (non-hydrogen) atoms. The van der Waals surface area contributed by atoms with Crippen LogP contribution in [-0.4, -0.2) is 36.3 Å². The van der Waals surface area contributed by atoms with Crippen molar-refractivity contribution in [3.05, 3.63) is 12.7 Å². The molecule has 5 nitrogen and oxygen atoms in total. The van der Waals surface area contributed by atoms with Gasteiger partial charge in [0.2, 0.25) is 5.91 Å². The van der Waals surface area contributed by atoms with E-state index >= 15 is 0 Å². The minimum absolute atomic E-state index is 0.0130. The van der Waals surface area contributed by atoms with Gasteiger partial charge in [0.25, 0.3) is 0 Å². The Morgan fingerprint density at radius 1 is 1.73 bits per heavy atom. The highest BCUT2D eigenvalue weighted by Gasteiger charge is 2.27. The number of ether oxygens (including phenoxy) is 2. The SMILES string of the molecule is C=CCOC(=O)OC(C)N1CCCC1=O. The van der Waals surface area contributed by atoms with Crippen LogP contribution < -0.4 is 0 Å². The minimum Gasteiger partial charge on any atom is -0.430 e. The molecular weight excluding hydrogens is 198 g/mol. The Labute approximate surface area is 88.6 Å². The summed E-state index contributed by atoms with van der Waals surface area (Å²) < 4.78 is 9.54. The van der Waals surface area contributed by atoms with Crippen molar-refractivity contribution in [2.24, 2.45) is 0 Å². The molecule has 0 N–H and O–H groups in total. The lowest BCUT2D eigenvalue weighted by Crippen LogP contribution is -2.37. The number of hydrogen-bond donors (Lipinski definition) is 0. The summed E-state index contributed by atoms with van der Waals surface area (Å²) in [5, 5.41) is 0. The maximum Gasteiger partial charge on any atom is 0.510 e. The van der Waals surface area contributed by atoms with Gasteiger partial charge in [0, 0.05) is 13.0 Å². The van der Waals surface area contributed by atoms with Gasteiger partial charge in [-0.2, -0.15) is 0 Å². The lowest BCUT2D eigenvalue weighted by Gasteiger charge is -2.23. The van der Waals surface area contributed by atoms with Crippen molar-refractivity contribution in [3.8, 4) is 0 Å². The van der Waals surface area contributed by atoms with Gasteiger partial charge in [-0.05, 0) is 13.3 Å². The van der Waals surface area contributed by atoms with E-state index in [1.54, 1.807) is 6.92 Å². The summed E-state index contributed by atoms with van der Waals surface area (Å²) >= 11 is 0. The van der Waals surface area contributed by atoms with E-state index in [-0.39, 0.29) is 12.5 Å². The Morgan fingerprint density at radius 2 is 2.47 bits per heavy atom. The Morgan fingerprint density at radius 3 is 3.00 bits per heavy atom. The van der Waals surface area contributed by atoms with E-state index in [9.17, 15) is 9.59 Å². The van der Waals surface area contributed by atoms with Crippen LogP contribution in [0.25, 0.3) is 0 Å². The van der Waals surface area contributed by atoms with Gasteiger partial charge in [-0.15, -0.1) is 0 Å². The van der Waals surface area contributed by atoms with Gasteiger partial charge in [-0.1, -0.05) is 12.7 Å². The largest absolute Gasteiger partial charge is 0.510 e. The van der Waals surface area contributed by atoms with Gasteiger partial charge < -0.3 is 14.4 Å². The van der Waals surface area contributed by atoms with Crippen LogP contribution in [0.1, 0.15) is 19.8 Å².